The molecule has 2 rings (SSSR count). The first-order chi connectivity index (χ1) is 18.7. The predicted octanol–water partition coefficient (Wildman–Crippen LogP) is 7.99. The van der Waals surface area contributed by atoms with E-state index in [0.29, 0.717) is 25.5 Å². The minimum Gasteiger partial charge on any atom is -0.476 e. The molecule has 0 saturated carbocycles. The molecule has 0 aliphatic rings. The monoisotopic (exact) mass is 544 g/mol. The summed E-state index contributed by atoms with van der Waals surface area (Å²) in [5.74, 6) is 1.31. The fraction of sp³-hybridized carbons (Fsp3) is 0.667. The van der Waals surface area contributed by atoms with Crippen molar-refractivity contribution < 1.29 is 14.3 Å². The number of hydrogen-bond acceptors (Lipinski definition) is 7. The number of unbranched alkanes of at least 4 members (excludes halogenated alkanes) is 9. The predicted molar refractivity (Wildman–Crippen MR) is 158 cm³/mol. The number of ether oxygens (including phenoxy) is 2. The molecular weight excluding hydrogens is 496 g/mol. The van der Waals surface area contributed by atoms with E-state index in [0.717, 1.165) is 41.1 Å². The number of carbonyl (C=O) groups excluding carboxylic acids is 1. The van der Waals surface area contributed by atoms with Gasteiger partial charge in [-0.1, -0.05) is 69.8 Å². The maximum absolute atomic E-state index is 11.5. The zero-order valence-corrected chi connectivity index (χ0v) is 24.6. The number of nitrogens with zero attached hydrogens (tertiary/aromatic N) is 4. The van der Waals surface area contributed by atoms with Crippen LogP contribution in [0.5, 0.6) is 5.88 Å². The molecule has 0 radical (unpaired) electrons. The smallest absolute Gasteiger partial charge is 0.305 e. The molecule has 0 aliphatic carbocycles. The lowest BCUT2D eigenvalue weighted by Gasteiger charge is -2.06. The first-order valence-corrected chi connectivity index (χ1v) is 15.5. The van der Waals surface area contributed by atoms with Gasteiger partial charge in [0, 0.05) is 19.2 Å². The van der Waals surface area contributed by atoms with Crippen LogP contribution in [-0.4, -0.2) is 44.7 Å². The second-order valence-corrected chi connectivity index (χ2v) is 10.6. The second-order valence-electron chi connectivity index (χ2n) is 9.49. The lowest BCUT2D eigenvalue weighted by Crippen LogP contribution is -2.03. The topological polar surface area (TPSA) is 79.1 Å². The lowest BCUT2D eigenvalue weighted by molar-refractivity contribution is -0.143. The fourth-order valence-corrected chi connectivity index (χ4v) is 4.98. The first-order valence-electron chi connectivity index (χ1n) is 14.6. The largest absolute Gasteiger partial charge is 0.476 e. The molecule has 2 aromatic rings. The number of carbonyl (C=O) groups is 1. The summed E-state index contributed by atoms with van der Waals surface area (Å²) in [6, 6.07) is 0. The Bertz CT molecular complexity index is 974. The Morgan fingerprint density at radius 3 is 2.34 bits per heavy atom. The zero-order valence-electron chi connectivity index (χ0n) is 23.8. The van der Waals surface area contributed by atoms with Crippen LogP contribution in [0.2, 0.25) is 0 Å². The molecule has 0 N–H and O–H groups in total. The van der Waals surface area contributed by atoms with E-state index in [2.05, 4.69) is 46.3 Å². The van der Waals surface area contributed by atoms with Gasteiger partial charge in [-0.3, -0.25) is 4.79 Å². The molecule has 0 amide bonds. The molecule has 212 valence electrons. The van der Waals surface area contributed by atoms with Crippen molar-refractivity contribution in [3.05, 3.63) is 30.6 Å². The highest BCUT2D eigenvalue weighted by Crippen LogP contribution is 2.30. The van der Waals surface area contributed by atoms with Gasteiger partial charge in [0.15, 0.2) is 5.52 Å². The molecule has 0 bridgehead atoms. The molecular formula is C30H48N4O3S. The van der Waals surface area contributed by atoms with Crippen LogP contribution < -0.4 is 4.74 Å². The molecule has 2 heterocycles. The molecule has 0 atom stereocenters. The fourth-order valence-electron chi connectivity index (χ4n) is 4.10. The molecule has 7 nitrogen and oxygen atoms in total. The highest BCUT2D eigenvalue weighted by molar-refractivity contribution is 7.99. The Labute approximate surface area is 233 Å². The van der Waals surface area contributed by atoms with Crippen molar-refractivity contribution in [2.75, 3.05) is 19.0 Å². The number of allylic oxidation sites excluding steroid dienone is 4. The molecule has 38 heavy (non-hydrogen) atoms. The van der Waals surface area contributed by atoms with Crippen molar-refractivity contribution in [2.45, 2.75) is 109 Å². The Morgan fingerprint density at radius 2 is 1.61 bits per heavy atom. The number of aryl methyl sites for hydroxylation is 1. The number of aromatic nitrogens is 4. The van der Waals surface area contributed by atoms with E-state index >= 15 is 0 Å². The Morgan fingerprint density at radius 1 is 0.895 bits per heavy atom. The van der Waals surface area contributed by atoms with Crippen molar-refractivity contribution in [2.24, 2.45) is 7.05 Å². The molecule has 2 aromatic heterocycles. The van der Waals surface area contributed by atoms with E-state index in [1.165, 1.54) is 64.2 Å². The van der Waals surface area contributed by atoms with Crippen LogP contribution >= 0.6 is 11.8 Å². The Kier molecular flexibility index (Phi) is 17.3. The molecule has 0 aliphatic heterocycles. The van der Waals surface area contributed by atoms with Gasteiger partial charge in [0.1, 0.15) is 16.9 Å². The van der Waals surface area contributed by atoms with Gasteiger partial charge in [0.05, 0.1) is 13.2 Å². The molecule has 0 saturated heterocycles. The van der Waals surface area contributed by atoms with Gasteiger partial charge >= 0.3 is 5.97 Å². The molecule has 8 heteroatoms. The maximum Gasteiger partial charge on any atom is 0.305 e. The van der Waals surface area contributed by atoms with Crippen molar-refractivity contribution in [1.82, 2.24) is 19.7 Å². The van der Waals surface area contributed by atoms with E-state index in [-0.39, 0.29) is 5.97 Å². The summed E-state index contributed by atoms with van der Waals surface area (Å²) < 4.78 is 12.8. The molecule has 0 unspecified atom stereocenters. The number of rotatable bonds is 22. The Balaban J connectivity index is 1.57. The standard InChI is InChI=1S/C30H48N4O3S/c1-4-6-7-8-9-10-11-12-13-14-15-16-17-18-19-20-23-37-30-28-27(33-34(30)3)29(32-25-31-28)38-24-21-22-26(35)36-5-2/h9-10,12-13,25H,4-8,11,14-24H2,1-3H3. The zero-order chi connectivity index (χ0) is 27.3. The van der Waals surface area contributed by atoms with Crippen LogP contribution in [0.25, 0.3) is 11.0 Å². The SMILES string of the molecule is CCCCCC=CCC=CCCCCCCCCOc1c2ncnc(SCCCC(=O)OCC)c2nn1C. The average molecular weight is 545 g/mol. The van der Waals surface area contributed by atoms with E-state index < -0.39 is 0 Å². The minimum atomic E-state index is -0.154. The van der Waals surface area contributed by atoms with E-state index in [4.69, 9.17) is 9.47 Å². The quantitative estimate of drug-likeness (QED) is 0.0488. The van der Waals surface area contributed by atoms with E-state index in [1.54, 1.807) is 22.8 Å². The second kappa shape index (κ2) is 20.6. The van der Waals surface area contributed by atoms with Gasteiger partial charge in [0.25, 0.3) is 0 Å². The molecule has 0 spiro atoms. The van der Waals surface area contributed by atoms with Gasteiger partial charge in [-0.2, -0.15) is 5.10 Å². The van der Waals surface area contributed by atoms with Crippen LogP contribution in [0.15, 0.2) is 35.7 Å². The van der Waals surface area contributed by atoms with Crippen molar-refractivity contribution in [3.8, 4) is 5.88 Å². The van der Waals surface area contributed by atoms with Crippen molar-refractivity contribution in [3.63, 3.8) is 0 Å². The number of thioether (sulfide) groups is 1. The highest BCUT2D eigenvalue weighted by Gasteiger charge is 2.16. The molecule has 0 fully saturated rings. The third kappa shape index (κ3) is 12.9. The van der Waals surface area contributed by atoms with E-state index in [9.17, 15) is 4.79 Å². The van der Waals surface area contributed by atoms with Crippen molar-refractivity contribution in [1.29, 1.82) is 0 Å². The molecule has 0 aromatic carbocycles. The summed E-state index contributed by atoms with van der Waals surface area (Å²) >= 11 is 1.59. The lowest BCUT2D eigenvalue weighted by atomic mass is 10.1. The number of fused-ring (bicyclic) bond motifs is 1. The summed E-state index contributed by atoms with van der Waals surface area (Å²) in [6.45, 7) is 5.15. The number of hydrogen-bond donors (Lipinski definition) is 0. The van der Waals surface area contributed by atoms with Crippen LogP contribution in [0.3, 0.4) is 0 Å². The minimum absolute atomic E-state index is 0.154. The Hall–Kier alpha value is -2.35. The first kappa shape index (κ1) is 31.9. The van der Waals surface area contributed by atoms with Gasteiger partial charge in [-0.05, 0) is 51.9 Å². The summed E-state index contributed by atoms with van der Waals surface area (Å²) in [5.41, 5.74) is 1.50. The van der Waals surface area contributed by atoms with Gasteiger partial charge < -0.3 is 9.47 Å². The van der Waals surface area contributed by atoms with Crippen molar-refractivity contribution >= 4 is 28.8 Å². The summed E-state index contributed by atoms with van der Waals surface area (Å²) in [5, 5.41) is 5.41. The van der Waals surface area contributed by atoms with Gasteiger partial charge in [-0.25, -0.2) is 14.6 Å². The van der Waals surface area contributed by atoms with E-state index in [1.807, 2.05) is 14.0 Å². The van der Waals surface area contributed by atoms with Gasteiger partial charge in [-0.15, -0.1) is 11.8 Å². The average Bonchev–Trinajstić information content (AvgIpc) is 3.24. The van der Waals surface area contributed by atoms with Crippen LogP contribution in [-0.2, 0) is 16.6 Å². The van der Waals surface area contributed by atoms with Crippen LogP contribution in [0.1, 0.15) is 104 Å². The van der Waals surface area contributed by atoms with Crippen LogP contribution in [0.4, 0.5) is 0 Å². The van der Waals surface area contributed by atoms with Gasteiger partial charge in [0.2, 0.25) is 5.88 Å². The number of esters is 1. The summed E-state index contributed by atoms with van der Waals surface area (Å²) in [6.07, 6.45) is 26.7. The third-order valence-corrected chi connectivity index (χ3v) is 7.25. The van der Waals surface area contributed by atoms with Crippen LogP contribution in [0, 0.1) is 0 Å². The summed E-state index contributed by atoms with van der Waals surface area (Å²) in [4.78, 5) is 20.3. The summed E-state index contributed by atoms with van der Waals surface area (Å²) in [7, 11) is 1.88. The third-order valence-electron chi connectivity index (χ3n) is 6.19. The normalized spacial score (nSPS) is 11.8. The highest BCUT2D eigenvalue weighted by atomic mass is 32.2. The maximum atomic E-state index is 11.5.